The molecule has 2 heterocycles. The molecule has 86 valence electrons. The van der Waals surface area contributed by atoms with Gasteiger partial charge in [0.25, 0.3) is 0 Å². The van der Waals surface area contributed by atoms with Gasteiger partial charge in [-0.25, -0.2) is 0 Å². The summed E-state index contributed by atoms with van der Waals surface area (Å²) in [6.45, 7) is 12.0. The minimum absolute atomic E-state index is 0.613. The largest absolute Gasteiger partial charge is 0.321 e. The molecule has 2 unspecified atom stereocenters. The maximum absolute atomic E-state index is 2.56. The van der Waals surface area contributed by atoms with Gasteiger partial charge in [-0.05, 0) is 11.8 Å². The molecule has 1 heteroatoms. The van der Waals surface area contributed by atoms with Gasteiger partial charge in [-0.15, -0.1) is 0 Å². The SMILES string of the molecule is CC1(C)CC2CC(C)(C1)C[N+]21CCCC1. The third kappa shape index (κ3) is 1.46. The third-order valence-electron chi connectivity index (χ3n) is 5.35. The van der Waals surface area contributed by atoms with Crippen LogP contribution in [0.2, 0.25) is 0 Å². The molecule has 3 fully saturated rings. The number of fused-ring (bicyclic) bond motifs is 3. The molecule has 15 heavy (non-hydrogen) atoms. The Morgan fingerprint density at radius 1 is 1.00 bits per heavy atom. The van der Waals surface area contributed by atoms with Crippen LogP contribution in [0.3, 0.4) is 0 Å². The fourth-order valence-corrected chi connectivity index (χ4v) is 5.46. The van der Waals surface area contributed by atoms with E-state index in [1.165, 1.54) is 56.2 Å². The summed E-state index contributed by atoms with van der Waals surface area (Å²) in [7, 11) is 0. The minimum Gasteiger partial charge on any atom is -0.321 e. The number of hydrogen-bond donors (Lipinski definition) is 0. The van der Waals surface area contributed by atoms with Gasteiger partial charge in [0.05, 0.1) is 25.7 Å². The predicted molar refractivity (Wildman–Crippen MR) is 63.6 cm³/mol. The lowest BCUT2D eigenvalue weighted by Crippen LogP contribution is -2.49. The zero-order valence-corrected chi connectivity index (χ0v) is 10.7. The molecule has 2 atom stereocenters. The summed E-state index contributed by atoms with van der Waals surface area (Å²) in [5, 5.41) is 0. The molecule has 0 amide bonds. The maximum atomic E-state index is 2.56. The van der Waals surface area contributed by atoms with Crippen molar-refractivity contribution in [3.63, 3.8) is 0 Å². The second-order valence-electron chi connectivity index (χ2n) is 7.74. The Hall–Kier alpha value is -0.0400. The van der Waals surface area contributed by atoms with E-state index in [4.69, 9.17) is 0 Å². The molecule has 1 spiro atoms. The Kier molecular flexibility index (Phi) is 1.89. The molecular weight excluding hydrogens is 182 g/mol. The molecular formula is C14H26N+. The van der Waals surface area contributed by atoms with E-state index in [9.17, 15) is 0 Å². The number of quaternary nitrogens is 1. The normalized spacial score (nSPS) is 46.2. The molecule has 3 rings (SSSR count). The second kappa shape index (κ2) is 2.80. The first-order valence-corrected chi connectivity index (χ1v) is 6.79. The van der Waals surface area contributed by atoms with Gasteiger partial charge in [-0.3, -0.25) is 0 Å². The van der Waals surface area contributed by atoms with Gasteiger partial charge in [0.2, 0.25) is 0 Å². The van der Waals surface area contributed by atoms with Crippen LogP contribution in [0, 0.1) is 10.8 Å². The quantitative estimate of drug-likeness (QED) is 0.536. The monoisotopic (exact) mass is 208 g/mol. The first kappa shape index (κ1) is 10.1. The fourth-order valence-electron chi connectivity index (χ4n) is 5.46. The van der Waals surface area contributed by atoms with E-state index in [0.717, 1.165) is 6.04 Å². The van der Waals surface area contributed by atoms with Crippen LogP contribution in [0.4, 0.5) is 0 Å². The van der Waals surface area contributed by atoms with Crippen molar-refractivity contribution < 1.29 is 4.48 Å². The zero-order valence-electron chi connectivity index (χ0n) is 10.7. The third-order valence-corrected chi connectivity index (χ3v) is 5.35. The molecule has 1 aliphatic carbocycles. The van der Waals surface area contributed by atoms with Crippen LogP contribution in [0.1, 0.15) is 52.9 Å². The van der Waals surface area contributed by atoms with E-state index in [0.29, 0.717) is 10.8 Å². The van der Waals surface area contributed by atoms with E-state index in [-0.39, 0.29) is 0 Å². The topological polar surface area (TPSA) is 0 Å². The summed E-state index contributed by atoms with van der Waals surface area (Å²) in [4.78, 5) is 0. The molecule has 1 saturated carbocycles. The lowest BCUT2D eigenvalue weighted by atomic mass is 9.65. The average molecular weight is 208 g/mol. The van der Waals surface area contributed by atoms with Gasteiger partial charge in [-0.2, -0.15) is 0 Å². The molecule has 2 aliphatic heterocycles. The van der Waals surface area contributed by atoms with Crippen LogP contribution in [0.25, 0.3) is 0 Å². The number of hydrogen-bond acceptors (Lipinski definition) is 0. The van der Waals surface area contributed by atoms with Crippen molar-refractivity contribution in [3.8, 4) is 0 Å². The Morgan fingerprint density at radius 3 is 2.33 bits per heavy atom. The van der Waals surface area contributed by atoms with E-state index in [1.807, 2.05) is 0 Å². The van der Waals surface area contributed by atoms with Crippen molar-refractivity contribution in [2.45, 2.75) is 58.9 Å². The Labute approximate surface area is 94.4 Å². The van der Waals surface area contributed by atoms with E-state index < -0.39 is 0 Å². The van der Waals surface area contributed by atoms with E-state index in [2.05, 4.69) is 20.8 Å². The highest BCUT2D eigenvalue weighted by molar-refractivity contribution is 4.97. The first-order chi connectivity index (χ1) is 6.93. The van der Waals surface area contributed by atoms with Gasteiger partial charge < -0.3 is 4.48 Å². The summed E-state index contributed by atoms with van der Waals surface area (Å²) in [5.41, 5.74) is 1.29. The van der Waals surface area contributed by atoms with Crippen LogP contribution >= 0.6 is 0 Å². The molecule has 0 aromatic carbocycles. The molecule has 0 aromatic rings. The van der Waals surface area contributed by atoms with Crippen LogP contribution in [0.5, 0.6) is 0 Å². The summed E-state index contributed by atoms with van der Waals surface area (Å²) in [6.07, 6.45) is 7.47. The summed E-state index contributed by atoms with van der Waals surface area (Å²) < 4.78 is 1.51. The van der Waals surface area contributed by atoms with Gasteiger partial charge >= 0.3 is 0 Å². The van der Waals surface area contributed by atoms with Crippen LogP contribution in [-0.2, 0) is 0 Å². The standard InChI is InChI=1S/C14H26N/c1-13(2)8-12-9-14(3,10-13)11-15(12)6-4-5-7-15/h12H,4-11H2,1-3H3/q+1. The summed E-state index contributed by atoms with van der Waals surface area (Å²) >= 11 is 0. The smallest absolute Gasteiger partial charge is 0.0903 e. The Bertz CT molecular complexity index is 275. The highest BCUT2D eigenvalue weighted by atomic mass is 15.4. The van der Waals surface area contributed by atoms with E-state index in [1.54, 1.807) is 0 Å². The highest BCUT2D eigenvalue weighted by Gasteiger charge is 2.59. The molecule has 3 aliphatic rings. The number of rotatable bonds is 0. The van der Waals surface area contributed by atoms with Crippen molar-refractivity contribution in [1.82, 2.24) is 0 Å². The van der Waals surface area contributed by atoms with Crippen molar-refractivity contribution >= 4 is 0 Å². The molecule has 2 bridgehead atoms. The molecule has 0 N–H and O–H groups in total. The molecule has 0 radical (unpaired) electrons. The van der Waals surface area contributed by atoms with Gasteiger partial charge in [0.15, 0.2) is 0 Å². The highest BCUT2D eigenvalue weighted by Crippen LogP contribution is 2.56. The Morgan fingerprint density at radius 2 is 1.67 bits per heavy atom. The summed E-state index contributed by atoms with van der Waals surface area (Å²) in [5.74, 6) is 0. The molecule has 1 nitrogen and oxygen atoms in total. The zero-order chi connectivity index (χ0) is 10.7. The lowest BCUT2D eigenvalue weighted by Gasteiger charge is -2.40. The average Bonchev–Trinajstić information content (AvgIpc) is 2.55. The fraction of sp³-hybridized carbons (Fsp3) is 1.00. The second-order valence-corrected chi connectivity index (χ2v) is 7.74. The van der Waals surface area contributed by atoms with Crippen molar-refractivity contribution in [3.05, 3.63) is 0 Å². The maximum Gasteiger partial charge on any atom is 0.0903 e. The van der Waals surface area contributed by atoms with Crippen molar-refractivity contribution in [2.75, 3.05) is 19.6 Å². The molecule has 0 aromatic heterocycles. The minimum atomic E-state index is 0.613. The van der Waals surface area contributed by atoms with Crippen LogP contribution < -0.4 is 0 Å². The Balaban J connectivity index is 1.93. The van der Waals surface area contributed by atoms with Crippen LogP contribution in [-0.4, -0.2) is 30.2 Å². The first-order valence-electron chi connectivity index (χ1n) is 6.79. The number of nitrogens with zero attached hydrogens (tertiary/aromatic N) is 1. The van der Waals surface area contributed by atoms with Gasteiger partial charge in [0.1, 0.15) is 0 Å². The van der Waals surface area contributed by atoms with Crippen molar-refractivity contribution in [1.29, 1.82) is 0 Å². The van der Waals surface area contributed by atoms with E-state index >= 15 is 0 Å². The molecule has 2 saturated heterocycles. The predicted octanol–water partition coefficient (Wildman–Crippen LogP) is 3.20. The lowest BCUT2D eigenvalue weighted by molar-refractivity contribution is -0.930. The van der Waals surface area contributed by atoms with Gasteiger partial charge in [0, 0.05) is 31.1 Å². The van der Waals surface area contributed by atoms with Crippen molar-refractivity contribution in [2.24, 2.45) is 10.8 Å². The van der Waals surface area contributed by atoms with Gasteiger partial charge in [-0.1, -0.05) is 20.8 Å². The summed E-state index contributed by atoms with van der Waals surface area (Å²) in [6, 6.07) is 1.02. The van der Waals surface area contributed by atoms with Crippen LogP contribution in [0.15, 0.2) is 0 Å².